The lowest BCUT2D eigenvalue weighted by atomic mass is 10.0. The molecule has 5 heteroatoms. The van der Waals surface area contributed by atoms with E-state index in [-0.39, 0.29) is 0 Å². The van der Waals surface area contributed by atoms with Crippen molar-refractivity contribution in [3.63, 3.8) is 0 Å². The molecule has 4 nitrogen and oxygen atoms in total. The first-order valence-corrected chi connectivity index (χ1v) is 5.01. The van der Waals surface area contributed by atoms with Gasteiger partial charge in [-0.2, -0.15) is 0 Å². The van der Waals surface area contributed by atoms with Crippen molar-refractivity contribution in [3.8, 4) is 0 Å². The number of aryl methyl sites for hydroxylation is 1. The summed E-state index contributed by atoms with van der Waals surface area (Å²) < 4.78 is 0. The second-order valence-electron chi connectivity index (χ2n) is 3.52. The molecule has 0 aliphatic carbocycles. The molecule has 0 aromatic heterocycles. The number of hydrogen-bond donors (Lipinski definition) is 1. The van der Waals surface area contributed by atoms with Crippen LogP contribution in [0.3, 0.4) is 0 Å². The van der Waals surface area contributed by atoms with Crippen molar-refractivity contribution in [2.24, 2.45) is 0 Å². The number of aliphatic carboxylic acids is 1. The number of rotatable bonds is 4. The summed E-state index contributed by atoms with van der Waals surface area (Å²) >= 11 is 5.91. The normalized spacial score (nSPS) is 11.9. The van der Waals surface area contributed by atoms with Gasteiger partial charge in [0.25, 0.3) is 0 Å². The van der Waals surface area contributed by atoms with E-state index in [1.807, 2.05) is 6.92 Å². The molecule has 1 aromatic carbocycles. The van der Waals surface area contributed by atoms with Crippen molar-refractivity contribution in [1.29, 1.82) is 0 Å². The van der Waals surface area contributed by atoms with E-state index in [0.29, 0.717) is 17.0 Å². The van der Waals surface area contributed by atoms with E-state index in [4.69, 9.17) is 16.7 Å². The Balaban J connectivity index is 3.16. The van der Waals surface area contributed by atoms with Gasteiger partial charge in [0.1, 0.15) is 0 Å². The highest BCUT2D eigenvalue weighted by Gasteiger charge is 2.24. The molecule has 1 atom stereocenters. The van der Waals surface area contributed by atoms with Gasteiger partial charge in [-0.3, -0.25) is 4.79 Å². The van der Waals surface area contributed by atoms with Crippen LogP contribution in [-0.2, 0) is 9.59 Å². The second kappa shape index (κ2) is 4.99. The molecule has 0 saturated carbocycles. The lowest BCUT2D eigenvalue weighted by molar-refractivity contribution is -0.145. The molecule has 1 amide bonds. The van der Waals surface area contributed by atoms with E-state index in [9.17, 15) is 9.59 Å². The van der Waals surface area contributed by atoms with Crippen LogP contribution in [0.4, 0.5) is 0 Å². The smallest absolute Gasteiger partial charge is 0.331 e. The van der Waals surface area contributed by atoms with Crippen LogP contribution in [0.25, 0.3) is 0 Å². The summed E-state index contributed by atoms with van der Waals surface area (Å²) in [5.74, 6) is -1.09. The highest BCUT2D eigenvalue weighted by atomic mass is 35.5. The molecular formula is C11H12ClNO3. The zero-order valence-electron chi connectivity index (χ0n) is 8.98. The van der Waals surface area contributed by atoms with Crippen LogP contribution in [0.5, 0.6) is 0 Å². The summed E-state index contributed by atoms with van der Waals surface area (Å²) in [6.07, 6.45) is 0.479. The Bertz CT molecular complexity index is 420. The number of carboxylic acid groups (broad SMARTS) is 1. The summed E-state index contributed by atoms with van der Waals surface area (Å²) in [4.78, 5) is 22.7. The maximum absolute atomic E-state index is 11.1. The third kappa shape index (κ3) is 2.52. The fourth-order valence-corrected chi connectivity index (χ4v) is 1.58. The Labute approximate surface area is 98.4 Å². The van der Waals surface area contributed by atoms with Gasteiger partial charge < -0.3 is 10.0 Å². The fourth-order valence-electron chi connectivity index (χ4n) is 1.39. The zero-order valence-corrected chi connectivity index (χ0v) is 9.73. The van der Waals surface area contributed by atoms with Gasteiger partial charge in [-0.1, -0.05) is 23.7 Å². The van der Waals surface area contributed by atoms with Gasteiger partial charge in [0, 0.05) is 12.1 Å². The predicted octanol–water partition coefficient (Wildman–Crippen LogP) is 1.86. The van der Waals surface area contributed by atoms with E-state index in [2.05, 4.69) is 0 Å². The molecule has 0 fully saturated rings. The molecule has 0 aliphatic heterocycles. The molecule has 0 radical (unpaired) electrons. The van der Waals surface area contributed by atoms with Crippen molar-refractivity contribution in [1.82, 2.24) is 4.90 Å². The Hall–Kier alpha value is -1.55. The van der Waals surface area contributed by atoms with Gasteiger partial charge in [-0.25, -0.2) is 4.79 Å². The molecule has 1 aromatic rings. The first-order valence-electron chi connectivity index (χ1n) is 4.63. The Morgan fingerprint density at radius 3 is 2.62 bits per heavy atom. The van der Waals surface area contributed by atoms with Crippen LogP contribution in [0, 0.1) is 6.92 Å². The SMILES string of the molecule is Cc1ccc(C(C(=O)O)N(C)C=O)cc1Cl. The molecule has 16 heavy (non-hydrogen) atoms. The van der Waals surface area contributed by atoms with Crippen LogP contribution in [0.15, 0.2) is 18.2 Å². The third-order valence-corrected chi connectivity index (χ3v) is 2.73. The lowest BCUT2D eigenvalue weighted by Crippen LogP contribution is -2.29. The predicted molar refractivity (Wildman–Crippen MR) is 60.4 cm³/mol. The minimum absolute atomic E-state index is 0.479. The van der Waals surface area contributed by atoms with Gasteiger partial charge in [0.05, 0.1) is 0 Å². The average Bonchev–Trinajstić information content (AvgIpc) is 2.22. The minimum Gasteiger partial charge on any atom is -0.479 e. The van der Waals surface area contributed by atoms with Crippen molar-refractivity contribution in [3.05, 3.63) is 34.3 Å². The van der Waals surface area contributed by atoms with E-state index in [1.54, 1.807) is 18.2 Å². The highest BCUT2D eigenvalue weighted by molar-refractivity contribution is 6.31. The van der Waals surface area contributed by atoms with Crippen molar-refractivity contribution >= 4 is 24.0 Å². The molecule has 1 rings (SSSR count). The van der Waals surface area contributed by atoms with Crippen LogP contribution < -0.4 is 0 Å². The number of likely N-dealkylation sites (N-methyl/N-ethyl adjacent to an activating group) is 1. The third-order valence-electron chi connectivity index (χ3n) is 2.32. The monoisotopic (exact) mass is 241 g/mol. The quantitative estimate of drug-likeness (QED) is 0.819. The standard InChI is InChI=1S/C11H12ClNO3/c1-7-3-4-8(5-9(7)12)10(11(15)16)13(2)6-14/h3-6,10H,1-2H3,(H,15,16). The summed E-state index contributed by atoms with van der Waals surface area (Å²) in [5.41, 5.74) is 1.35. The fraction of sp³-hybridized carbons (Fsp3) is 0.273. The molecule has 1 N–H and O–H groups in total. The van der Waals surface area contributed by atoms with Crippen LogP contribution in [0.2, 0.25) is 5.02 Å². The van der Waals surface area contributed by atoms with Crippen molar-refractivity contribution in [2.45, 2.75) is 13.0 Å². The lowest BCUT2D eigenvalue weighted by Gasteiger charge is -2.21. The maximum atomic E-state index is 11.1. The highest BCUT2D eigenvalue weighted by Crippen LogP contribution is 2.24. The Morgan fingerprint density at radius 1 is 1.56 bits per heavy atom. The van der Waals surface area contributed by atoms with Crippen LogP contribution in [0.1, 0.15) is 17.2 Å². The molecule has 0 saturated heterocycles. The first kappa shape index (κ1) is 12.5. The topological polar surface area (TPSA) is 57.6 Å². The Morgan fingerprint density at radius 2 is 2.19 bits per heavy atom. The number of nitrogens with zero attached hydrogens (tertiary/aromatic N) is 1. The summed E-state index contributed by atoms with van der Waals surface area (Å²) in [5, 5.41) is 9.53. The van der Waals surface area contributed by atoms with Gasteiger partial charge in [0.15, 0.2) is 6.04 Å². The molecule has 0 heterocycles. The number of carboxylic acids is 1. The van der Waals surface area contributed by atoms with E-state index >= 15 is 0 Å². The summed E-state index contributed by atoms with van der Waals surface area (Å²) in [6, 6.07) is 3.94. The molecular weight excluding hydrogens is 230 g/mol. The summed E-state index contributed by atoms with van der Waals surface area (Å²) in [7, 11) is 1.42. The first-order chi connectivity index (χ1) is 7.47. The number of carbonyl (C=O) groups is 2. The van der Waals surface area contributed by atoms with E-state index in [1.165, 1.54) is 7.05 Å². The second-order valence-corrected chi connectivity index (χ2v) is 3.93. The average molecular weight is 242 g/mol. The zero-order chi connectivity index (χ0) is 12.3. The number of hydrogen-bond acceptors (Lipinski definition) is 2. The van der Waals surface area contributed by atoms with Crippen molar-refractivity contribution in [2.75, 3.05) is 7.05 Å². The number of amides is 1. The van der Waals surface area contributed by atoms with Gasteiger partial charge in [-0.15, -0.1) is 0 Å². The van der Waals surface area contributed by atoms with Gasteiger partial charge in [0.2, 0.25) is 6.41 Å². The van der Waals surface area contributed by atoms with Gasteiger partial charge in [-0.05, 0) is 24.1 Å². The molecule has 86 valence electrons. The molecule has 0 bridgehead atoms. The van der Waals surface area contributed by atoms with Crippen molar-refractivity contribution < 1.29 is 14.7 Å². The largest absolute Gasteiger partial charge is 0.479 e. The molecule has 1 unspecified atom stereocenters. The Kier molecular flexibility index (Phi) is 3.90. The minimum atomic E-state index is -1.09. The number of benzene rings is 1. The summed E-state index contributed by atoms with van der Waals surface area (Å²) in [6.45, 7) is 1.82. The van der Waals surface area contributed by atoms with Crippen LogP contribution in [-0.4, -0.2) is 29.4 Å². The molecule has 0 aliphatic rings. The number of carbonyl (C=O) groups excluding carboxylic acids is 1. The van der Waals surface area contributed by atoms with E-state index in [0.717, 1.165) is 10.5 Å². The molecule has 0 spiro atoms. The van der Waals surface area contributed by atoms with Crippen LogP contribution >= 0.6 is 11.6 Å². The van der Waals surface area contributed by atoms with E-state index < -0.39 is 12.0 Å². The number of halogens is 1. The van der Waals surface area contributed by atoms with Gasteiger partial charge >= 0.3 is 5.97 Å². The maximum Gasteiger partial charge on any atom is 0.331 e.